The Morgan fingerprint density at radius 3 is 2.06 bits per heavy atom. The number of nitrogens with one attached hydrogen (secondary N) is 2. The molecular formula is C23H20ClN3O5S. The van der Waals surface area contributed by atoms with Crippen molar-refractivity contribution in [2.24, 2.45) is 5.10 Å². The highest BCUT2D eigenvalue weighted by atomic mass is 35.5. The SMILES string of the molecule is CNS(=O)(=O)c1ccc(Cl)c(C(=O)OCC(=O)NN=C(c2ccccc2)c2ccccc2)c1. The molecule has 10 heteroatoms. The number of hydrogen-bond acceptors (Lipinski definition) is 6. The van der Waals surface area contributed by atoms with Gasteiger partial charge in [-0.25, -0.2) is 23.4 Å². The van der Waals surface area contributed by atoms with Gasteiger partial charge in [-0.1, -0.05) is 72.3 Å². The second-order valence-electron chi connectivity index (χ2n) is 6.65. The molecule has 0 radical (unpaired) electrons. The van der Waals surface area contributed by atoms with E-state index in [1.807, 2.05) is 60.7 Å². The molecule has 0 heterocycles. The second-order valence-corrected chi connectivity index (χ2v) is 8.95. The van der Waals surface area contributed by atoms with E-state index in [1.54, 1.807) is 0 Å². The van der Waals surface area contributed by atoms with Crippen molar-refractivity contribution in [2.75, 3.05) is 13.7 Å². The van der Waals surface area contributed by atoms with E-state index in [1.165, 1.54) is 19.2 Å². The van der Waals surface area contributed by atoms with Gasteiger partial charge < -0.3 is 4.74 Å². The fourth-order valence-corrected chi connectivity index (χ4v) is 3.74. The van der Waals surface area contributed by atoms with Crippen LogP contribution in [0.25, 0.3) is 0 Å². The third-order valence-electron chi connectivity index (χ3n) is 4.46. The van der Waals surface area contributed by atoms with E-state index >= 15 is 0 Å². The fraction of sp³-hybridized carbons (Fsp3) is 0.0870. The van der Waals surface area contributed by atoms with Gasteiger partial charge in [0.2, 0.25) is 10.0 Å². The van der Waals surface area contributed by atoms with Gasteiger partial charge in [-0.2, -0.15) is 5.10 Å². The van der Waals surface area contributed by atoms with Crippen molar-refractivity contribution >= 4 is 39.2 Å². The van der Waals surface area contributed by atoms with Crippen LogP contribution in [-0.2, 0) is 19.6 Å². The largest absolute Gasteiger partial charge is 0.452 e. The molecule has 0 fully saturated rings. The van der Waals surface area contributed by atoms with Crippen molar-refractivity contribution in [3.8, 4) is 0 Å². The molecule has 0 unspecified atom stereocenters. The molecule has 1 amide bonds. The molecule has 0 aliphatic carbocycles. The second kappa shape index (κ2) is 10.9. The lowest BCUT2D eigenvalue weighted by atomic mass is 10.0. The van der Waals surface area contributed by atoms with Crippen LogP contribution in [0.4, 0.5) is 0 Å². The van der Waals surface area contributed by atoms with Crippen LogP contribution in [0.15, 0.2) is 88.9 Å². The minimum atomic E-state index is -3.79. The van der Waals surface area contributed by atoms with Crippen LogP contribution in [0.1, 0.15) is 21.5 Å². The van der Waals surface area contributed by atoms with Crippen LogP contribution < -0.4 is 10.1 Å². The first-order chi connectivity index (χ1) is 15.8. The maximum absolute atomic E-state index is 12.4. The number of nitrogens with zero attached hydrogens (tertiary/aromatic N) is 1. The number of halogens is 1. The maximum Gasteiger partial charge on any atom is 0.340 e. The van der Waals surface area contributed by atoms with Crippen LogP contribution in [0.5, 0.6) is 0 Å². The summed E-state index contributed by atoms with van der Waals surface area (Å²) in [6.07, 6.45) is 0. The third-order valence-corrected chi connectivity index (χ3v) is 6.20. The van der Waals surface area contributed by atoms with Gasteiger partial charge in [-0.3, -0.25) is 4.79 Å². The smallest absolute Gasteiger partial charge is 0.340 e. The molecule has 0 aliphatic rings. The Balaban J connectivity index is 1.71. The van der Waals surface area contributed by atoms with Crippen LogP contribution >= 0.6 is 11.6 Å². The van der Waals surface area contributed by atoms with Gasteiger partial charge in [-0.15, -0.1) is 0 Å². The van der Waals surface area contributed by atoms with Crippen LogP contribution in [0.3, 0.4) is 0 Å². The normalized spacial score (nSPS) is 10.8. The Labute approximate surface area is 196 Å². The number of sulfonamides is 1. The average Bonchev–Trinajstić information content (AvgIpc) is 2.84. The summed E-state index contributed by atoms with van der Waals surface area (Å²) >= 11 is 6.00. The highest BCUT2D eigenvalue weighted by Gasteiger charge is 2.19. The van der Waals surface area contributed by atoms with Crippen molar-refractivity contribution in [1.82, 2.24) is 10.1 Å². The van der Waals surface area contributed by atoms with Gasteiger partial charge in [0, 0.05) is 11.1 Å². The lowest BCUT2D eigenvalue weighted by molar-refractivity contribution is -0.124. The zero-order valence-corrected chi connectivity index (χ0v) is 19.1. The lowest BCUT2D eigenvalue weighted by Gasteiger charge is -2.09. The van der Waals surface area contributed by atoms with Crippen LogP contribution in [0.2, 0.25) is 5.02 Å². The molecule has 0 saturated heterocycles. The van der Waals surface area contributed by atoms with E-state index in [2.05, 4.69) is 15.2 Å². The summed E-state index contributed by atoms with van der Waals surface area (Å²) in [6.45, 7) is -0.640. The summed E-state index contributed by atoms with van der Waals surface area (Å²) in [5, 5.41) is 4.19. The first-order valence-electron chi connectivity index (χ1n) is 9.69. The highest BCUT2D eigenvalue weighted by Crippen LogP contribution is 2.21. The predicted molar refractivity (Wildman–Crippen MR) is 125 cm³/mol. The number of esters is 1. The number of hydrogen-bond donors (Lipinski definition) is 2. The van der Waals surface area contributed by atoms with Crippen molar-refractivity contribution in [1.29, 1.82) is 0 Å². The standard InChI is InChI=1S/C23H20ClN3O5S/c1-25-33(30,31)18-12-13-20(24)19(14-18)23(29)32-15-21(28)26-27-22(16-8-4-2-5-9-16)17-10-6-3-7-11-17/h2-14,25H,15H2,1H3,(H,26,28). The lowest BCUT2D eigenvalue weighted by Crippen LogP contribution is -2.26. The predicted octanol–water partition coefficient (Wildman–Crippen LogP) is 2.97. The summed E-state index contributed by atoms with van der Waals surface area (Å²) in [5.41, 5.74) is 4.30. The van der Waals surface area contributed by atoms with Crippen molar-refractivity contribution in [2.45, 2.75) is 4.90 Å². The number of ether oxygens (including phenoxy) is 1. The monoisotopic (exact) mass is 485 g/mol. The molecule has 33 heavy (non-hydrogen) atoms. The van der Waals surface area contributed by atoms with Crippen LogP contribution in [-0.4, -0.2) is 39.7 Å². The number of benzene rings is 3. The molecule has 8 nitrogen and oxygen atoms in total. The first kappa shape index (κ1) is 24.1. The Kier molecular flexibility index (Phi) is 7.94. The Morgan fingerprint density at radius 2 is 1.52 bits per heavy atom. The Bertz CT molecular complexity index is 1240. The van der Waals surface area contributed by atoms with Gasteiger partial charge in [0.05, 0.1) is 21.2 Å². The molecule has 0 aromatic heterocycles. The summed E-state index contributed by atoms with van der Waals surface area (Å²) < 4.78 is 31.0. The van der Waals surface area contributed by atoms with Crippen molar-refractivity contribution in [3.63, 3.8) is 0 Å². The van der Waals surface area contributed by atoms with E-state index in [-0.39, 0.29) is 15.5 Å². The van der Waals surface area contributed by atoms with Crippen molar-refractivity contribution < 1.29 is 22.7 Å². The van der Waals surface area contributed by atoms with Gasteiger partial charge in [0.1, 0.15) is 0 Å². The molecule has 0 saturated carbocycles. The minimum absolute atomic E-state index is 0.0103. The summed E-state index contributed by atoms with van der Waals surface area (Å²) in [6, 6.07) is 22.1. The van der Waals surface area contributed by atoms with E-state index in [4.69, 9.17) is 16.3 Å². The number of carbonyl (C=O) groups is 2. The minimum Gasteiger partial charge on any atom is -0.452 e. The quantitative estimate of drug-likeness (QED) is 0.289. The molecule has 170 valence electrons. The van der Waals surface area contributed by atoms with Gasteiger partial charge in [0.15, 0.2) is 6.61 Å². The number of amides is 1. The van der Waals surface area contributed by atoms with Gasteiger partial charge >= 0.3 is 5.97 Å². The maximum atomic E-state index is 12.4. The summed E-state index contributed by atoms with van der Waals surface area (Å²) in [4.78, 5) is 24.5. The molecule has 0 atom stereocenters. The molecule has 0 spiro atoms. The Morgan fingerprint density at radius 1 is 0.939 bits per heavy atom. The zero-order chi connectivity index (χ0) is 23.8. The Hall–Kier alpha value is -3.53. The summed E-state index contributed by atoms with van der Waals surface area (Å²) in [5.74, 6) is -1.62. The molecule has 3 aromatic carbocycles. The van der Waals surface area contributed by atoms with Crippen molar-refractivity contribution in [3.05, 3.63) is 101 Å². The fourth-order valence-electron chi connectivity index (χ4n) is 2.79. The number of rotatable bonds is 8. The first-order valence-corrected chi connectivity index (χ1v) is 11.6. The molecule has 2 N–H and O–H groups in total. The molecule has 3 aromatic rings. The van der Waals surface area contributed by atoms with E-state index < -0.39 is 28.5 Å². The summed E-state index contributed by atoms with van der Waals surface area (Å²) in [7, 11) is -2.54. The van der Waals surface area contributed by atoms with E-state index in [0.717, 1.165) is 17.2 Å². The number of carbonyl (C=O) groups excluding carboxylic acids is 2. The van der Waals surface area contributed by atoms with E-state index in [9.17, 15) is 18.0 Å². The molecule has 3 rings (SSSR count). The third kappa shape index (κ3) is 6.26. The molecular weight excluding hydrogens is 466 g/mol. The number of hydrazone groups is 1. The average molecular weight is 486 g/mol. The van der Waals surface area contributed by atoms with E-state index in [0.29, 0.717) is 5.71 Å². The highest BCUT2D eigenvalue weighted by molar-refractivity contribution is 7.89. The van der Waals surface area contributed by atoms with Gasteiger partial charge in [0.25, 0.3) is 5.91 Å². The van der Waals surface area contributed by atoms with Crippen LogP contribution in [0, 0.1) is 0 Å². The topological polar surface area (TPSA) is 114 Å². The molecule has 0 aliphatic heterocycles. The van der Waals surface area contributed by atoms with Gasteiger partial charge in [-0.05, 0) is 25.2 Å². The molecule has 0 bridgehead atoms. The zero-order valence-electron chi connectivity index (χ0n) is 17.5.